The fraction of sp³-hybridized carbons (Fsp3) is 0.458. The van der Waals surface area contributed by atoms with Gasteiger partial charge in [0.15, 0.2) is 11.5 Å². The van der Waals surface area contributed by atoms with Crippen LogP contribution in [0, 0.1) is 0 Å². The Morgan fingerprint density at radius 2 is 1.84 bits per heavy atom. The topological polar surface area (TPSA) is 54.0 Å². The van der Waals surface area contributed by atoms with Crippen molar-refractivity contribution in [2.45, 2.75) is 19.8 Å². The molecule has 0 atom stereocenters. The summed E-state index contributed by atoms with van der Waals surface area (Å²) in [5.41, 5.74) is 1.87. The smallest absolute Gasteiger partial charge is 0.251 e. The number of benzene rings is 2. The Morgan fingerprint density at radius 1 is 1.10 bits per heavy atom. The van der Waals surface area contributed by atoms with Gasteiger partial charge in [-0.1, -0.05) is 18.2 Å². The lowest BCUT2D eigenvalue weighted by molar-refractivity contribution is 0.0952. The lowest BCUT2D eigenvalue weighted by atomic mass is 10.1. The van der Waals surface area contributed by atoms with E-state index in [-0.39, 0.29) is 5.91 Å². The molecule has 0 radical (unpaired) electrons. The van der Waals surface area contributed by atoms with Crippen LogP contribution in [-0.2, 0) is 0 Å². The van der Waals surface area contributed by atoms with E-state index in [0.717, 1.165) is 45.6 Å². The lowest BCUT2D eigenvalue weighted by Gasteiger charge is -2.36. The Labute approximate surface area is 193 Å². The summed E-state index contributed by atoms with van der Waals surface area (Å²) in [6, 6.07) is 14.1. The average molecular weight is 490 g/mol. The number of nitrogens with zero attached hydrogens (tertiary/aromatic N) is 2. The van der Waals surface area contributed by atoms with Crippen molar-refractivity contribution in [2.24, 2.45) is 0 Å². The van der Waals surface area contributed by atoms with Crippen molar-refractivity contribution in [3.8, 4) is 11.5 Å². The first kappa shape index (κ1) is 23.4. The molecule has 0 bridgehead atoms. The second-order valence-corrected chi connectivity index (χ2v) is 8.40. The molecule has 1 aliphatic rings. The minimum atomic E-state index is -0.0986. The van der Waals surface area contributed by atoms with Crippen LogP contribution >= 0.6 is 15.9 Å². The highest BCUT2D eigenvalue weighted by Gasteiger charge is 2.17. The van der Waals surface area contributed by atoms with Gasteiger partial charge >= 0.3 is 0 Å². The second kappa shape index (κ2) is 12.0. The average Bonchev–Trinajstić information content (AvgIpc) is 2.81. The highest BCUT2D eigenvalue weighted by atomic mass is 79.9. The van der Waals surface area contributed by atoms with Crippen molar-refractivity contribution < 1.29 is 14.3 Å². The first-order valence-electron chi connectivity index (χ1n) is 10.9. The van der Waals surface area contributed by atoms with Gasteiger partial charge in [-0.05, 0) is 66.5 Å². The number of hydrogen-bond donors (Lipinski definition) is 1. The van der Waals surface area contributed by atoms with E-state index < -0.39 is 0 Å². The number of carbonyl (C=O) groups excluding carboxylic acids is 1. The van der Waals surface area contributed by atoms with Gasteiger partial charge in [0.05, 0.1) is 18.2 Å². The predicted molar refractivity (Wildman–Crippen MR) is 129 cm³/mol. The van der Waals surface area contributed by atoms with E-state index in [0.29, 0.717) is 34.7 Å². The largest absolute Gasteiger partial charge is 0.493 e. The Hall–Kier alpha value is -2.25. The standard InChI is InChI=1S/C24H32BrN3O3/c1-3-31-23-21(25)17-19(18-22(23)30-2)24(29)26-11-7-8-12-27-13-15-28(16-14-27)20-9-5-4-6-10-20/h4-6,9-10,17-18H,3,7-8,11-16H2,1-2H3,(H,26,29). The van der Waals surface area contributed by atoms with Gasteiger partial charge in [-0.15, -0.1) is 0 Å². The molecule has 3 rings (SSSR count). The number of anilines is 1. The number of unbranched alkanes of at least 4 members (excludes halogenated alkanes) is 1. The van der Waals surface area contributed by atoms with E-state index >= 15 is 0 Å². The lowest BCUT2D eigenvalue weighted by Crippen LogP contribution is -2.46. The zero-order valence-corrected chi connectivity index (χ0v) is 20.0. The Kier molecular flexibility index (Phi) is 9.03. The maximum atomic E-state index is 12.5. The number of nitrogens with one attached hydrogen (secondary N) is 1. The summed E-state index contributed by atoms with van der Waals surface area (Å²) in [4.78, 5) is 17.5. The molecule has 7 heteroatoms. The molecule has 1 amide bonds. The molecule has 31 heavy (non-hydrogen) atoms. The number of rotatable bonds is 10. The van der Waals surface area contributed by atoms with Crippen molar-refractivity contribution in [1.29, 1.82) is 0 Å². The van der Waals surface area contributed by atoms with E-state index in [1.165, 1.54) is 5.69 Å². The number of halogens is 1. The molecule has 0 aromatic heterocycles. The molecular weight excluding hydrogens is 458 g/mol. The maximum absolute atomic E-state index is 12.5. The third-order valence-corrected chi connectivity index (χ3v) is 6.05. The number of piperazine rings is 1. The zero-order valence-electron chi connectivity index (χ0n) is 18.4. The highest BCUT2D eigenvalue weighted by molar-refractivity contribution is 9.10. The summed E-state index contributed by atoms with van der Waals surface area (Å²) in [6.45, 7) is 8.47. The molecule has 2 aromatic rings. The number of carbonyl (C=O) groups is 1. The number of methoxy groups -OCH3 is 1. The monoisotopic (exact) mass is 489 g/mol. The minimum absolute atomic E-state index is 0.0986. The highest BCUT2D eigenvalue weighted by Crippen LogP contribution is 2.36. The van der Waals surface area contributed by atoms with Gasteiger partial charge in [0.25, 0.3) is 5.91 Å². The Balaban J connectivity index is 1.37. The van der Waals surface area contributed by atoms with Gasteiger partial charge in [0, 0.05) is 44.0 Å². The third-order valence-electron chi connectivity index (χ3n) is 5.46. The first-order valence-corrected chi connectivity index (χ1v) is 11.7. The van der Waals surface area contributed by atoms with Crippen molar-refractivity contribution in [3.63, 3.8) is 0 Å². The molecule has 1 aliphatic heterocycles. The molecule has 1 N–H and O–H groups in total. The molecule has 168 valence electrons. The fourth-order valence-corrected chi connectivity index (χ4v) is 4.32. The number of ether oxygens (including phenoxy) is 2. The van der Waals surface area contributed by atoms with E-state index in [1.54, 1.807) is 19.2 Å². The number of hydrogen-bond acceptors (Lipinski definition) is 5. The molecule has 2 aromatic carbocycles. The summed E-state index contributed by atoms with van der Waals surface area (Å²) >= 11 is 3.47. The molecule has 1 saturated heterocycles. The van der Waals surface area contributed by atoms with Gasteiger partial charge in [0.1, 0.15) is 0 Å². The van der Waals surface area contributed by atoms with E-state index in [4.69, 9.17) is 9.47 Å². The summed E-state index contributed by atoms with van der Waals surface area (Å²) in [5, 5.41) is 3.01. The normalized spacial score (nSPS) is 14.4. The maximum Gasteiger partial charge on any atom is 0.251 e. The van der Waals surface area contributed by atoms with Crippen LogP contribution < -0.4 is 19.7 Å². The Morgan fingerprint density at radius 3 is 2.52 bits per heavy atom. The number of para-hydroxylation sites is 1. The van der Waals surface area contributed by atoms with Gasteiger partial charge < -0.3 is 19.7 Å². The third kappa shape index (κ3) is 6.61. The van der Waals surface area contributed by atoms with Crippen molar-refractivity contribution >= 4 is 27.5 Å². The van der Waals surface area contributed by atoms with Crippen LogP contribution in [0.5, 0.6) is 11.5 Å². The molecule has 0 spiro atoms. The van der Waals surface area contributed by atoms with Gasteiger partial charge in [0.2, 0.25) is 0 Å². The van der Waals surface area contributed by atoms with E-state index in [2.05, 4.69) is 61.4 Å². The van der Waals surface area contributed by atoms with Crippen LogP contribution in [0.25, 0.3) is 0 Å². The summed E-state index contributed by atoms with van der Waals surface area (Å²) in [7, 11) is 1.58. The van der Waals surface area contributed by atoms with E-state index in [9.17, 15) is 4.79 Å². The summed E-state index contributed by atoms with van der Waals surface area (Å²) in [5.74, 6) is 1.07. The molecule has 0 aliphatic carbocycles. The molecule has 0 unspecified atom stereocenters. The first-order chi connectivity index (χ1) is 15.1. The number of amides is 1. The van der Waals surface area contributed by atoms with Crippen LogP contribution in [-0.4, -0.2) is 63.8 Å². The molecule has 1 fully saturated rings. The summed E-state index contributed by atoms with van der Waals surface area (Å²) < 4.78 is 11.7. The molecule has 6 nitrogen and oxygen atoms in total. The van der Waals surface area contributed by atoms with Crippen LogP contribution in [0.2, 0.25) is 0 Å². The van der Waals surface area contributed by atoms with Crippen LogP contribution in [0.1, 0.15) is 30.1 Å². The quantitative estimate of drug-likeness (QED) is 0.507. The van der Waals surface area contributed by atoms with Crippen LogP contribution in [0.15, 0.2) is 46.9 Å². The van der Waals surface area contributed by atoms with Gasteiger partial charge in [-0.3, -0.25) is 9.69 Å². The van der Waals surface area contributed by atoms with Gasteiger partial charge in [-0.2, -0.15) is 0 Å². The fourth-order valence-electron chi connectivity index (χ4n) is 3.77. The van der Waals surface area contributed by atoms with Gasteiger partial charge in [-0.25, -0.2) is 0 Å². The molecule has 0 saturated carbocycles. The zero-order chi connectivity index (χ0) is 22.1. The van der Waals surface area contributed by atoms with Crippen LogP contribution in [0.3, 0.4) is 0 Å². The molecule has 1 heterocycles. The Bertz CT molecular complexity index is 839. The minimum Gasteiger partial charge on any atom is -0.493 e. The summed E-state index contributed by atoms with van der Waals surface area (Å²) in [6.07, 6.45) is 2.03. The SMILES string of the molecule is CCOc1c(Br)cc(C(=O)NCCCCN2CCN(c3ccccc3)CC2)cc1OC. The predicted octanol–water partition coefficient (Wildman–Crippen LogP) is 4.19. The van der Waals surface area contributed by atoms with E-state index in [1.807, 2.05) is 6.92 Å². The van der Waals surface area contributed by atoms with Crippen molar-refractivity contribution in [3.05, 3.63) is 52.5 Å². The second-order valence-electron chi connectivity index (χ2n) is 7.55. The molecular formula is C24H32BrN3O3. The van der Waals surface area contributed by atoms with Crippen LogP contribution in [0.4, 0.5) is 5.69 Å². The van der Waals surface area contributed by atoms with Crippen molar-refractivity contribution in [1.82, 2.24) is 10.2 Å². The van der Waals surface area contributed by atoms with Crippen molar-refractivity contribution in [2.75, 3.05) is 57.9 Å².